The van der Waals surface area contributed by atoms with Gasteiger partial charge in [-0.15, -0.1) is 35.4 Å². The molecule has 3 aromatic rings. The third kappa shape index (κ3) is 2.99. The van der Waals surface area contributed by atoms with Crippen LogP contribution in [0, 0.1) is 6.07 Å². The van der Waals surface area contributed by atoms with Crippen molar-refractivity contribution in [2.75, 3.05) is 0 Å². The van der Waals surface area contributed by atoms with E-state index in [1.807, 2.05) is 24.3 Å². The van der Waals surface area contributed by atoms with E-state index in [2.05, 4.69) is 60.7 Å². The SMILES string of the molecule is [Li+].[c-]1cccc(-c2ccccc2)c1-c1ccccc1. The van der Waals surface area contributed by atoms with Gasteiger partial charge in [0.05, 0.1) is 0 Å². The molecule has 0 saturated carbocycles. The quantitative estimate of drug-likeness (QED) is 0.470. The molecule has 0 nitrogen and oxygen atoms in total. The molecular weight excluding hydrogens is 223 g/mol. The molecule has 0 aliphatic carbocycles. The van der Waals surface area contributed by atoms with Gasteiger partial charge in [0, 0.05) is 0 Å². The molecule has 19 heavy (non-hydrogen) atoms. The molecular formula is C18H13Li. The van der Waals surface area contributed by atoms with E-state index < -0.39 is 0 Å². The Bertz CT molecular complexity index is 572. The first-order valence-corrected chi connectivity index (χ1v) is 6.07. The van der Waals surface area contributed by atoms with Gasteiger partial charge in [0.25, 0.3) is 0 Å². The second-order valence-corrected chi connectivity index (χ2v) is 4.19. The molecule has 0 amide bonds. The van der Waals surface area contributed by atoms with Gasteiger partial charge in [-0.05, 0) is 0 Å². The van der Waals surface area contributed by atoms with E-state index in [1.54, 1.807) is 0 Å². The van der Waals surface area contributed by atoms with Crippen molar-refractivity contribution in [1.29, 1.82) is 0 Å². The number of hydrogen-bond donors (Lipinski definition) is 0. The van der Waals surface area contributed by atoms with Gasteiger partial charge in [0.1, 0.15) is 0 Å². The molecule has 0 heterocycles. The van der Waals surface area contributed by atoms with Crippen LogP contribution in [-0.2, 0) is 0 Å². The molecule has 3 aromatic carbocycles. The van der Waals surface area contributed by atoms with Crippen molar-refractivity contribution < 1.29 is 18.9 Å². The number of benzene rings is 3. The monoisotopic (exact) mass is 236 g/mol. The van der Waals surface area contributed by atoms with Crippen LogP contribution >= 0.6 is 0 Å². The van der Waals surface area contributed by atoms with Gasteiger partial charge in [-0.1, -0.05) is 71.8 Å². The summed E-state index contributed by atoms with van der Waals surface area (Å²) in [6.45, 7) is 0. The summed E-state index contributed by atoms with van der Waals surface area (Å²) < 4.78 is 0. The molecule has 0 spiro atoms. The topological polar surface area (TPSA) is 0 Å². The van der Waals surface area contributed by atoms with Gasteiger partial charge in [-0.3, -0.25) is 0 Å². The Labute approximate surface area is 126 Å². The van der Waals surface area contributed by atoms with Crippen LogP contribution in [0.3, 0.4) is 0 Å². The summed E-state index contributed by atoms with van der Waals surface area (Å²) in [5.41, 5.74) is 4.82. The van der Waals surface area contributed by atoms with E-state index in [1.165, 1.54) is 16.7 Å². The fourth-order valence-electron chi connectivity index (χ4n) is 2.14. The van der Waals surface area contributed by atoms with Gasteiger partial charge in [0.2, 0.25) is 0 Å². The molecule has 0 aromatic heterocycles. The average Bonchev–Trinajstić information content (AvgIpc) is 2.49. The first-order chi connectivity index (χ1) is 8.95. The van der Waals surface area contributed by atoms with Crippen molar-refractivity contribution in [3.63, 3.8) is 0 Å². The second-order valence-electron chi connectivity index (χ2n) is 4.19. The van der Waals surface area contributed by atoms with E-state index in [0.29, 0.717) is 0 Å². The molecule has 0 saturated heterocycles. The Kier molecular flexibility index (Phi) is 4.63. The summed E-state index contributed by atoms with van der Waals surface area (Å²) in [7, 11) is 0. The maximum absolute atomic E-state index is 3.35. The third-order valence-electron chi connectivity index (χ3n) is 3.00. The van der Waals surface area contributed by atoms with Crippen LogP contribution in [-0.4, -0.2) is 0 Å². The molecule has 1 heteroatoms. The van der Waals surface area contributed by atoms with Crippen molar-refractivity contribution in [3.8, 4) is 22.3 Å². The van der Waals surface area contributed by atoms with Crippen LogP contribution in [0.25, 0.3) is 22.3 Å². The summed E-state index contributed by atoms with van der Waals surface area (Å²) in [4.78, 5) is 0. The third-order valence-corrected chi connectivity index (χ3v) is 3.00. The minimum atomic E-state index is 0. The minimum Gasteiger partial charge on any atom is -0.147 e. The molecule has 0 bridgehead atoms. The van der Waals surface area contributed by atoms with Crippen molar-refractivity contribution in [2.45, 2.75) is 0 Å². The van der Waals surface area contributed by atoms with Gasteiger partial charge in [-0.25, -0.2) is 0 Å². The first-order valence-electron chi connectivity index (χ1n) is 6.07. The number of hydrogen-bond acceptors (Lipinski definition) is 0. The van der Waals surface area contributed by atoms with Crippen LogP contribution in [0.4, 0.5) is 0 Å². The van der Waals surface area contributed by atoms with Crippen molar-refractivity contribution in [3.05, 3.63) is 84.9 Å². The summed E-state index contributed by atoms with van der Waals surface area (Å²) in [5, 5.41) is 0. The van der Waals surface area contributed by atoms with E-state index in [9.17, 15) is 0 Å². The normalized spacial score (nSPS) is 9.68. The smallest absolute Gasteiger partial charge is 0.147 e. The minimum absolute atomic E-state index is 0. The fourth-order valence-corrected chi connectivity index (χ4v) is 2.14. The second kappa shape index (κ2) is 6.43. The van der Waals surface area contributed by atoms with Gasteiger partial charge >= 0.3 is 18.9 Å². The van der Waals surface area contributed by atoms with Gasteiger partial charge < -0.3 is 0 Å². The van der Waals surface area contributed by atoms with Crippen LogP contribution in [0.1, 0.15) is 0 Å². The van der Waals surface area contributed by atoms with Crippen LogP contribution in [0.5, 0.6) is 0 Å². The van der Waals surface area contributed by atoms with E-state index in [0.717, 1.165) is 5.56 Å². The standard InChI is InChI=1S/C18H13.Li/c1-3-9-15(10-4-1)17-13-7-8-14-18(17)16-11-5-2-6-12-16;/h1-13H;/q-1;+1. The maximum atomic E-state index is 3.35. The van der Waals surface area contributed by atoms with Crippen LogP contribution in [0.15, 0.2) is 78.9 Å². The van der Waals surface area contributed by atoms with Crippen LogP contribution in [0.2, 0.25) is 0 Å². The Morgan fingerprint density at radius 3 is 1.79 bits per heavy atom. The molecule has 0 N–H and O–H groups in total. The van der Waals surface area contributed by atoms with Crippen molar-refractivity contribution >= 4 is 0 Å². The largest absolute Gasteiger partial charge is 1.00 e. The summed E-state index contributed by atoms with van der Waals surface area (Å²) >= 11 is 0. The van der Waals surface area contributed by atoms with Crippen LogP contribution < -0.4 is 18.9 Å². The zero-order chi connectivity index (χ0) is 12.2. The maximum Gasteiger partial charge on any atom is 1.00 e. The predicted molar refractivity (Wildman–Crippen MR) is 76.2 cm³/mol. The fraction of sp³-hybridized carbons (Fsp3) is 0. The molecule has 0 unspecified atom stereocenters. The van der Waals surface area contributed by atoms with E-state index in [-0.39, 0.29) is 18.9 Å². The summed E-state index contributed by atoms with van der Waals surface area (Å²) in [6, 6.07) is 30.3. The molecule has 0 atom stereocenters. The first kappa shape index (κ1) is 13.7. The predicted octanol–water partition coefficient (Wildman–Crippen LogP) is 1.82. The summed E-state index contributed by atoms with van der Waals surface area (Å²) in [6.07, 6.45) is 0. The number of rotatable bonds is 2. The molecule has 0 radical (unpaired) electrons. The average molecular weight is 236 g/mol. The van der Waals surface area contributed by atoms with Crippen molar-refractivity contribution in [1.82, 2.24) is 0 Å². The Balaban J connectivity index is 0.00000133. The molecule has 0 fully saturated rings. The molecule has 86 valence electrons. The zero-order valence-electron chi connectivity index (χ0n) is 11.0. The Hall–Kier alpha value is -1.74. The van der Waals surface area contributed by atoms with Crippen molar-refractivity contribution in [2.24, 2.45) is 0 Å². The van der Waals surface area contributed by atoms with Gasteiger partial charge in [0.15, 0.2) is 0 Å². The molecule has 0 aliphatic heterocycles. The molecule has 3 rings (SSSR count). The Morgan fingerprint density at radius 1 is 0.579 bits per heavy atom. The zero-order valence-corrected chi connectivity index (χ0v) is 11.0. The van der Waals surface area contributed by atoms with Gasteiger partial charge in [-0.2, -0.15) is 0 Å². The Morgan fingerprint density at radius 2 is 1.16 bits per heavy atom. The van der Waals surface area contributed by atoms with E-state index >= 15 is 0 Å². The molecule has 0 aliphatic rings. The van der Waals surface area contributed by atoms with E-state index in [4.69, 9.17) is 0 Å². The summed E-state index contributed by atoms with van der Waals surface area (Å²) in [5.74, 6) is 0.